The van der Waals surface area contributed by atoms with Crippen LogP contribution >= 0.6 is 22.6 Å². The van der Waals surface area contributed by atoms with Crippen molar-refractivity contribution in [3.05, 3.63) is 42.2 Å². The molecule has 1 aromatic carbocycles. The van der Waals surface area contributed by atoms with Crippen molar-refractivity contribution in [3.8, 4) is 11.3 Å². The molecule has 0 atom stereocenters. The van der Waals surface area contributed by atoms with Gasteiger partial charge < -0.3 is 4.90 Å². The molecule has 3 rings (SSSR count). The second-order valence-electron chi connectivity index (χ2n) is 6.35. The van der Waals surface area contributed by atoms with Crippen LogP contribution in [0.2, 0.25) is 0 Å². The van der Waals surface area contributed by atoms with Gasteiger partial charge in [-0.1, -0.05) is 0 Å². The summed E-state index contributed by atoms with van der Waals surface area (Å²) in [4.78, 5) is 22.4. The molecule has 0 bridgehead atoms. The van der Waals surface area contributed by atoms with Gasteiger partial charge in [0.2, 0.25) is 0 Å². The maximum absolute atomic E-state index is 13.3. The van der Waals surface area contributed by atoms with E-state index in [1.54, 1.807) is 11.9 Å². The SMILES string of the molecule is CN(C(=O)Nc1cnc(-c2cc(F)cc(F)c2)cn1)C1CC[N+](=CI)CC1. The number of halogens is 3. The Labute approximate surface area is 169 Å². The summed E-state index contributed by atoms with van der Waals surface area (Å²) in [6, 6.07) is 3.06. The molecule has 1 aliphatic rings. The zero-order valence-corrected chi connectivity index (χ0v) is 16.9. The molecule has 6 nitrogen and oxygen atoms in total. The van der Waals surface area contributed by atoms with Crippen molar-refractivity contribution < 1.29 is 18.2 Å². The molecule has 0 unspecified atom stereocenters. The quantitative estimate of drug-likeness (QED) is 0.534. The Kier molecular flexibility index (Phi) is 6.30. The number of rotatable bonds is 3. The van der Waals surface area contributed by atoms with Crippen LogP contribution in [0, 0.1) is 11.6 Å². The van der Waals surface area contributed by atoms with E-state index in [1.807, 2.05) is 4.22 Å². The second-order valence-corrected chi connectivity index (χ2v) is 6.91. The van der Waals surface area contributed by atoms with Gasteiger partial charge in [0, 0.05) is 60.2 Å². The fourth-order valence-electron chi connectivity index (χ4n) is 2.98. The van der Waals surface area contributed by atoms with Gasteiger partial charge in [-0.3, -0.25) is 10.3 Å². The highest BCUT2D eigenvalue weighted by Gasteiger charge is 2.27. The van der Waals surface area contributed by atoms with Gasteiger partial charge in [-0.2, -0.15) is 0 Å². The number of hydrogen-bond acceptors (Lipinski definition) is 3. The Morgan fingerprint density at radius 3 is 2.44 bits per heavy atom. The highest BCUT2D eigenvalue weighted by Crippen LogP contribution is 2.20. The summed E-state index contributed by atoms with van der Waals surface area (Å²) in [7, 11) is 1.76. The van der Waals surface area contributed by atoms with Crippen LogP contribution in [0.5, 0.6) is 0 Å². The van der Waals surface area contributed by atoms with Crippen molar-refractivity contribution in [2.24, 2.45) is 0 Å². The highest BCUT2D eigenvalue weighted by atomic mass is 127. The van der Waals surface area contributed by atoms with Gasteiger partial charge >= 0.3 is 6.03 Å². The molecule has 2 heterocycles. The summed E-state index contributed by atoms with van der Waals surface area (Å²) in [5, 5.41) is 2.71. The molecule has 1 aromatic heterocycles. The van der Waals surface area contributed by atoms with Gasteiger partial charge in [-0.15, -0.1) is 0 Å². The van der Waals surface area contributed by atoms with Crippen molar-refractivity contribution in [3.63, 3.8) is 0 Å². The minimum Gasteiger partial charge on any atom is -0.324 e. The van der Waals surface area contributed by atoms with Crippen molar-refractivity contribution in [1.29, 1.82) is 0 Å². The number of nitrogens with one attached hydrogen (secondary N) is 1. The summed E-state index contributed by atoms with van der Waals surface area (Å²) in [5.74, 6) is -1.08. The van der Waals surface area contributed by atoms with Gasteiger partial charge in [0.05, 0.1) is 18.1 Å². The van der Waals surface area contributed by atoms with Crippen LogP contribution in [0.4, 0.5) is 19.4 Å². The minimum atomic E-state index is -0.683. The second kappa shape index (κ2) is 8.68. The van der Waals surface area contributed by atoms with E-state index in [0.717, 1.165) is 32.0 Å². The first-order valence-electron chi connectivity index (χ1n) is 8.46. The third kappa shape index (κ3) is 4.96. The fraction of sp³-hybridized carbons (Fsp3) is 0.333. The zero-order valence-electron chi connectivity index (χ0n) is 14.7. The molecule has 2 aromatic rings. The van der Waals surface area contributed by atoms with Crippen LogP contribution in [0.1, 0.15) is 12.8 Å². The molecule has 27 heavy (non-hydrogen) atoms. The smallest absolute Gasteiger partial charge is 0.323 e. The maximum Gasteiger partial charge on any atom is 0.323 e. The number of hydrogen-bond donors (Lipinski definition) is 1. The van der Waals surface area contributed by atoms with E-state index in [0.29, 0.717) is 5.69 Å². The average Bonchev–Trinajstić information content (AvgIpc) is 2.67. The Morgan fingerprint density at radius 1 is 1.22 bits per heavy atom. The van der Waals surface area contributed by atoms with E-state index in [4.69, 9.17) is 0 Å². The summed E-state index contributed by atoms with van der Waals surface area (Å²) in [6.07, 6.45) is 4.55. The predicted molar refractivity (Wildman–Crippen MR) is 107 cm³/mol. The maximum atomic E-state index is 13.3. The molecule has 2 amide bonds. The van der Waals surface area contributed by atoms with Crippen molar-refractivity contribution in [1.82, 2.24) is 14.9 Å². The summed E-state index contributed by atoms with van der Waals surface area (Å²) < 4.78 is 30.9. The lowest BCUT2D eigenvalue weighted by molar-refractivity contribution is -0.532. The third-order valence-electron chi connectivity index (χ3n) is 4.55. The lowest BCUT2D eigenvalue weighted by Gasteiger charge is -2.29. The van der Waals surface area contributed by atoms with Crippen LogP contribution in [-0.2, 0) is 0 Å². The monoisotopic (exact) mass is 486 g/mol. The van der Waals surface area contributed by atoms with Crippen molar-refractivity contribution >= 4 is 38.7 Å². The number of carbonyl (C=O) groups excluding carboxylic acids is 1. The van der Waals surface area contributed by atoms with Crippen LogP contribution < -0.4 is 5.32 Å². The van der Waals surface area contributed by atoms with Gasteiger partial charge in [-0.05, 0) is 12.1 Å². The number of carbonyl (C=O) groups is 1. The van der Waals surface area contributed by atoms with Crippen molar-refractivity contribution in [2.75, 3.05) is 25.5 Å². The molecule has 1 saturated heterocycles. The van der Waals surface area contributed by atoms with E-state index >= 15 is 0 Å². The number of urea groups is 1. The zero-order chi connectivity index (χ0) is 19.4. The highest BCUT2D eigenvalue weighted by molar-refractivity contribution is 14.1. The largest absolute Gasteiger partial charge is 0.324 e. The van der Waals surface area contributed by atoms with Crippen LogP contribution in [0.3, 0.4) is 0 Å². The first kappa shape index (κ1) is 19.6. The number of piperidine rings is 1. The summed E-state index contributed by atoms with van der Waals surface area (Å²) in [6.45, 7) is 1.84. The molecule has 0 aliphatic carbocycles. The molecule has 1 aliphatic heterocycles. The molecule has 1 fully saturated rings. The van der Waals surface area contributed by atoms with Crippen LogP contribution in [0.25, 0.3) is 11.3 Å². The number of amides is 2. The predicted octanol–water partition coefficient (Wildman–Crippen LogP) is 3.52. The Morgan fingerprint density at radius 2 is 1.89 bits per heavy atom. The molecule has 142 valence electrons. The Hall–Kier alpha value is -2.17. The van der Waals surface area contributed by atoms with Gasteiger partial charge in [-0.25, -0.2) is 23.1 Å². The van der Waals surface area contributed by atoms with Gasteiger partial charge in [0.15, 0.2) is 10.0 Å². The number of anilines is 1. The van der Waals surface area contributed by atoms with Gasteiger partial charge in [0.25, 0.3) is 0 Å². The van der Waals surface area contributed by atoms with E-state index in [9.17, 15) is 13.6 Å². The number of benzene rings is 1. The molecule has 0 saturated carbocycles. The van der Waals surface area contributed by atoms with Crippen LogP contribution in [0.15, 0.2) is 30.6 Å². The minimum absolute atomic E-state index is 0.167. The average molecular weight is 486 g/mol. The van der Waals surface area contributed by atoms with Crippen LogP contribution in [-0.4, -0.2) is 55.9 Å². The molecule has 9 heteroatoms. The van der Waals surface area contributed by atoms with Crippen molar-refractivity contribution in [2.45, 2.75) is 18.9 Å². The topological polar surface area (TPSA) is 61.1 Å². The molecule has 0 spiro atoms. The molecule has 0 radical (unpaired) electrons. The lowest BCUT2D eigenvalue weighted by atomic mass is 10.1. The van der Waals surface area contributed by atoms with Gasteiger partial charge in [0.1, 0.15) is 24.7 Å². The molecular weight excluding hydrogens is 467 g/mol. The summed E-state index contributed by atoms with van der Waals surface area (Å²) >= 11 is 2.22. The van der Waals surface area contributed by atoms with E-state index in [2.05, 4.69) is 42.5 Å². The standard InChI is InChI=1S/C18H18F2IN5O/c1-25(15-2-4-26(11-21)5-3-15)18(27)24-17-10-22-16(9-23-17)12-6-13(19)8-14(20)7-12/h6-11,15H,2-5H2,1H3/p+1. The van der Waals surface area contributed by atoms with E-state index in [-0.39, 0.29) is 23.5 Å². The Bertz CT molecular complexity index is 829. The fourth-order valence-corrected chi connectivity index (χ4v) is 3.53. The number of aromatic nitrogens is 2. The number of nitrogens with zero attached hydrogens (tertiary/aromatic N) is 4. The Balaban J connectivity index is 1.63. The first-order chi connectivity index (χ1) is 13.0. The summed E-state index contributed by atoms with van der Waals surface area (Å²) in [5.41, 5.74) is 0.607. The first-order valence-corrected chi connectivity index (χ1v) is 9.71. The molecule has 1 N–H and O–H groups in total. The lowest BCUT2D eigenvalue weighted by Crippen LogP contribution is -2.44. The van der Waals surface area contributed by atoms with E-state index < -0.39 is 11.6 Å². The normalized spacial score (nSPS) is 16.7. The van der Waals surface area contributed by atoms with E-state index in [1.165, 1.54) is 24.5 Å². The molecular formula is C18H19F2IN5O+. The third-order valence-corrected chi connectivity index (χ3v) is 5.34.